The fourth-order valence-electron chi connectivity index (χ4n) is 5.30. The lowest BCUT2D eigenvalue weighted by Gasteiger charge is -2.25. The Morgan fingerprint density at radius 3 is 1.67 bits per heavy atom. The number of nitrogens with zero attached hydrogens (tertiary/aromatic N) is 2. The minimum absolute atomic E-state index is 0.0608. The van der Waals surface area contributed by atoms with Crippen molar-refractivity contribution in [2.45, 2.75) is 163 Å². The predicted molar refractivity (Wildman–Crippen MR) is 224 cm³/mol. The predicted octanol–water partition coefficient (Wildman–Crippen LogP) is 6.89. The van der Waals surface area contributed by atoms with Gasteiger partial charge in [-0.3, -0.25) is 19.8 Å². The second-order valence-corrected chi connectivity index (χ2v) is 17.4. The Hall–Kier alpha value is -4.47. The van der Waals surface area contributed by atoms with E-state index in [4.69, 9.17) is 14.2 Å². The average Bonchev–Trinajstić information content (AvgIpc) is 3.08. The number of amides is 5. The normalized spacial score (nSPS) is 13.2. The molecule has 0 spiro atoms. The summed E-state index contributed by atoms with van der Waals surface area (Å²) in [4.78, 5) is 67.3. The van der Waals surface area contributed by atoms with Gasteiger partial charge in [0.05, 0.1) is 0 Å². The van der Waals surface area contributed by atoms with E-state index in [1.807, 2.05) is 45.9 Å². The first kappa shape index (κ1) is 51.5. The molecule has 16 heteroatoms. The Labute approximate surface area is 345 Å². The zero-order valence-electron chi connectivity index (χ0n) is 36.7. The van der Waals surface area contributed by atoms with Gasteiger partial charge in [-0.2, -0.15) is 0 Å². The molecule has 1 aromatic carbocycles. The van der Waals surface area contributed by atoms with Crippen LogP contribution in [0.25, 0.3) is 0 Å². The lowest BCUT2D eigenvalue weighted by atomic mass is 10.1. The van der Waals surface area contributed by atoms with Crippen molar-refractivity contribution in [3.63, 3.8) is 0 Å². The summed E-state index contributed by atoms with van der Waals surface area (Å²) in [5, 5.41) is 13.3. The molecule has 0 saturated heterocycles. The molecule has 330 valence electrons. The maximum absolute atomic E-state index is 14.6. The molecule has 5 amide bonds. The summed E-state index contributed by atoms with van der Waals surface area (Å²) in [6, 6.07) is 9.98. The van der Waals surface area contributed by atoms with E-state index in [-0.39, 0.29) is 25.1 Å². The van der Waals surface area contributed by atoms with Crippen LogP contribution in [0.5, 0.6) is 0 Å². The van der Waals surface area contributed by atoms with E-state index in [2.05, 4.69) is 48.6 Å². The molecular weight excluding hydrogens is 750 g/mol. The van der Waals surface area contributed by atoms with Crippen LogP contribution in [-0.4, -0.2) is 103 Å². The summed E-state index contributed by atoms with van der Waals surface area (Å²) in [5.74, 6) is -1.96. The van der Waals surface area contributed by atoms with Gasteiger partial charge in [0, 0.05) is 38.8 Å². The molecule has 0 bridgehead atoms. The molecule has 0 aliphatic carbocycles. The third-order valence-electron chi connectivity index (χ3n) is 7.96. The summed E-state index contributed by atoms with van der Waals surface area (Å²) >= 11 is 0. The van der Waals surface area contributed by atoms with Crippen LogP contribution >= 0.6 is 0 Å². The highest BCUT2D eigenvalue weighted by Gasteiger charge is 2.25. The smallest absolute Gasteiger partial charge is 0.437 e. The summed E-state index contributed by atoms with van der Waals surface area (Å²) in [5.41, 5.74) is -0.887. The van der Waals surface area contributed by atoms with Gasteiger partial charge >= 0.3 is 18.3 Å². The van der Waals surface area contributed by atoms with Crippen molar-refractivity contribution in [1.29, 1.82) is 0 Å². The highest BCUT2D eigenvalue weighted by atomic mass is 19.1. The molecule has 2 unspecified atom stereocenters. The molecule has 1 rings (SSSR count). The summed E-state index contributed by atoms with van der Waals surface area (Å²) in [6.07, 6.45) is 2.56. The van der Waals surface area contributed by atoms with Crippen molar-refractivity contribution in [3.8, 4) is 0 Å². The fourth-order valence-corrected chi connectivity index (χ4v) is 5.30. The Morgan fingerprint density at radius 1 is 0.655 bits per heavy atom. The van der Waals surface area contributed by atoms with Crippen molar-refractivity contribution >= 4 is 36.1 Å². The number of ether oxygens (including phenoxy) is 3. The Balaban J connectivity index is 2.33. The third kappa shape index (κ3) is 28.0. The van der Waals surface area contributed by atoms with Crippen molar-refractivity contribution in [2.24, 2.45) is 4.99 Å². The van der Waals surface area contributed by atoms with Crippen molar-refractivity contribution < 1.29 is 42.6 Å². The quantitative estimate of drug-likeness (QED) is 0.0271. The SMILES string of the molecule is CC(CCN(CCCCNC(=O)C(F)C(=O)NCCCCCCCCN/C(=N/C(=O)OC(C)(C)C)NC(=O)OC(C)(C)C)Cc1ccccc1)NC(=O)OC(C)(C)C. The fraction of sp³-hybridized carbons (Fsp3) is 0.714. The zero-order valence-corrected chi connectivity index (χ0v) is 36.7. The molecule has 2 atom stereocenters. The van der Waals surface area contributed by atoms with E-state index in [0.717, 1.165) is 63.7 Å². The van der Waals surface area contributed by atoms with Crippen molar-refractivity contribution in [1.82, 2.24) is 31.5 Å². The van der Waals surface area contributed by atoms with Gasteiger partial charge in [0.25, 0.3) is 18.0 Å². The third-order valence-corrected chi connectivity index (χ3v) is 7.96. The number of nitrogens with one attached hydrogen (secondary N) is 5. The molecular formula is C42H72FN7O8. The number of aliphatic imine (C=N–C) groups is 1. The number of alkyl carbamates (subject to hydrolysis) is 2. The van der Waals surface area contributed by atoms with E-state index in [0.29, 0.717) is 25.8 Å². The molecule has 0 saturated carbocycles. The van der Waals surface area contributed by atoms with Crippen LogP contribution in [-0.2, 0) is 30.3 Å². The van der Waals surface area contributed by atoms with Gasteiger partial charge in [-0.15, -0.1) is 4.99 Å². The summed E-state index contributed by atoms with van der Waals surface area (Å²) in [6.45, 7) is 20.9. The van der Waals surface area contributed by atoms with Gasteiger partial charge in [-0.1, -0.05) is 56.0 Å². The molecule has 15 nitrogen and oxygen atoms in total. The van der Waals surface area contributed by atoms with Crippen LogP contribution < -0.4 is 26.6 Å². The molecule has 0 fully saturated rings. The first-order chi connectivity index (χ1) is 27.0. The van der Waals surface area contributed by atoms with E-state index < -0.39 is 53.1 Å². The monoisotopic (exact) mass is 822 g/mol. The van der Waals surface area contributed by atoms with Crippen molar-refractivity contribution in [2.75, 3.05) is 32.7 Å². The van der Waals surface area contributed by atoms with Crippen LogP contribution in [0.2, 0.25) is 0 Å². The molecule has 0 aliphatic heterocycles. The number of hydrogen-bond donors (Lipinski definition) is 5. The molecule has 0 aromatic heterocycles. The first-order valence-corrected chi connectivity index (χ1v) is 20.5. The van der Waals surface area contributed by atoms with Crippen molar-refractivity contribution in [3.05, 3.63) is 35.9 Å². The second kappa shape index (κ2) is 26.5. The molecule has 5 N–H and O–H groups in total. The largest absolute Gasteiger partial charge is 0.444 e. The maximum Gasteiger partial charge on any atom is 0.437 e. The molecule has 0 heterocycles. The number of carbonyl (C=O) groups excluding carboxylic acids is 5. The van der Waals surface area contributed by atoms with E-state index in [9.17, 15) is 28.4 Å². The average molecular weight is 822 g/mol. The lowest BCUT2D eigenvalue weighted by Crippen LogP contribution is -2.44. The zero-order chi connectivity index (χ0) is 43.8. The number of guanidine groups is 1. The molecule has 0 aliphatic rings. The number of rotatable bonds is 22. The number of unbranched alkanes of at least 4 members (excludes halogenated alkanes) is 6. The van der Waals surface area contributed by atoms with Gasteiger partial charge in [-0.05, 0) is 113 Å². The van der Waals surface area contributed by atoms with E-state index in [1.165, 1.54) is 0 Å². The van der Waals surface area contributed by atoms with Crippen LogP contribution in [0.3, 0.4) is 0 Å². The summed E-state index contributed by atoms with van der Waals surface area (Å²) in [7, 11) is 0. The van der Waals surface area contributed by atoms with Crippen LogP contribution in [0.4, 0.5) is 18.8 Å². The second-order valence-electron chi connectivity index (χ2n) is 17.4. The van der Waals surface area contributed by atoms with E-state index >= 15 is 0 Å². The van der Waals surface area contributed by atoms with E-state index in [1.54, 1.807) is 41.5 Å². The van der Waals surface area contributed by atoms with Gasteiger partial charge in [-0.25, -0.2) is 18.8 Å². The minimum atomic E-state index is -2.28. The van der Waals surface area contributed by atoms with Gasteiger partial charge in [0.15, 0.2) is 0 Å². The highest BCUT2D eigenvalue weighted by molar-refractivity contribution is 6.03. The van der Waals surface area contributed by atoms with Gasteiger partial charge in [0.1, 0.15) is 16.8 Å². The number of carbonyl (C=O) groups is 5. The Bertz CT molecular complexity index is 1430. The summed E-state index contributed by atoms with van der Waals surface area (Å²) < 4.78 is 30.4. The highest BCUT2D eigenvalue weighted by Crippen LogP contribution is 2.12. The van der Waals surface area contributed by atoms with Crippen LogP contribution in [0.1, 0.15) is 133 Å². The van der Waals surface area contributed by atoms with Gasteiger partial charge in [0.2, 0.25) is 5.96 Å². The molecule has 58 heavy (non-hydrogen) atoms. The Kier molecular flexibility index (Phi) is 23.6. The lowest BCUT2D eigenvalue weighted by molar-refractivity contribution is -0.136. The van der Waals surface area contributed by atoms with Gasteiger partial charge < -0.3 is 35.5 Å². The van der Waals surface area contributed by atoms with Crippen LogP contribution in [0, 0.1) is 0 Å². The standard InChI is InChI=1S/C42H72FN7O8/c1-31(47-37(53)56-40(2,3)4)24-29-50(30-32-22-16-15-17-23-32)28-21-20-26-45-35(52)33(43)34(51)44-25-18-13-11-12-14-19-27-46-36(48-38(54)57-41(5,6)7)49-39(55)58-42(8,9)10/h15-17,22-23,31,33H,11-14,18-21,24-30H2,1-10H3,(H,44,51)(H,45,52)(H,47,53)(H2,46,48,49,54,55). The number of hydrogen-bond acceptors (Lipinski definition) is 9. The number of alkyl halides is 1. The van der Waals surface area contributed by atoms with Crippen LogP contribution in [0.15, 0.2) is 35.3 Å². The topological polar surface area (TPSA) is 189 Å². The molecule has 1 aromatic rings. The maximum atomic E-state index is 14.6. The first-order valence-electron chi connectivity index (χ1n) is 20.5. The Morgan fingerprint density at radius 2 is 1.14 bits per heavy atom. The number of benzene rings is 1. The minimum Gasteiger partial charge on any atom is -0.444 e. The molecule has 0 radical (unpaired) electrons. The number of halogens is 1.